The lowest BCUT2D eigenvalue weighted by Crippen LogP contribution is -2.25. The molecule has 4 heteroatoms. The number of hydrogen-bond donors (Lipinski definition) is 0. The van der Waals surface area contributed by atoms with Gasteiger partial charge in [-0.3, -0.25) is 4.79 Å². The first-order valence-corrected chi connectivity index (χ1v) is 11.6. The summed E-state index contributed by atoms with van der Waals surface area (Å²) in [5.74, 6) is 0.944. The number of carbonyl (C=O) groups is 1. The molecule has 3 aromatic rings. The van der Waals surface area contributed by atoms with Crippen LogP contribution in [0.5, 0.6) is 5.75 Å². The summed E-state index contributed by atoms with van der Waals surface area (Å²) in [6.45, 7) is 12.1. The second-order valence-electron chi connectivity index (χ2n) is 10.3. The predicted octanol–water partition coefficient (Wildman–Crippen LogP) is 7.05. The van der Waals surface area contributed by atoms with Crippen molar-refractivity contribution in [2.45, 2.75) is 66.4 Å². The third-order valence-electron chi connectivity index (χ3n) is 7.43. The fraction of sp³-hybridized carbons (Fsp3) is 0.464. The second kappa shape index (κ2) is 8.65. The number of carbonyl (C=O) groups excluding carboxylic acids is 1. The molecule has 4 rings (SSSR count). The Balaban J connectivity index is 1.58. The van der Waals surface area contributed by atoms with Gasteiger partial charge in [-0.25, -0.2) is 0 Å². The van der Waals surface area contributed by atoms with Crippen molar-refractivity contribution >= 4 is 16.9 Å². The van der Waals surface area contributed by atoms with Gasteiger partial charge in [0.1, 0.15) is 17.9 Å². The zero-order valence-corrected chi connectivity index (χ0v) is 19.9. The molecule has 4 nitrogen and oxygen atoms in total. The molecule has 2 aromatic carbocycles. The van der Waals surface area contributed by atoms with Gasteiger partial charge < -0.3 is 13.9 Å². The molecular weight excluding hydrogens is 400 g/mol. The molecule has 0 atom stereocenters. The van der Waals surface area contributed by atoms with Crippen LogP contribution in [-0.4, -0.2) is 12.6 Å². The van der Waals surface area contributed by atoms with Gasteiger partial charge in [-0.1, -0.05) is 45.9 Å². The van der Waals surface area contributed by atoms with Crippen LogP contribution < -0.4 is 4.74 Å². The van der Waals surface area contributed by atoms with Crippen LogP contribution in [0.1, 0.15) is 70.1 Å². The van der Waals surface area contributed by atoms with E-state index in [2.05, 4.69) is 39.8 Å². The highest BCUT2D eigenvalue weighted by Gasteiger charge is 2.47. The Morgan fingerprint density at radius 3 is 2.50 bits per heavy atom. The first kappa shape index (κ1) is 22.4. The molecule has 170 valence electrons. The van der Waals surface area contributed by atoms with E-state index < -0.39 is 0 Å². The minimum Gasteiger partial charge on any atom is -0.489 e. The highest BCUT2D eigenvalue weighted by molar-refractivity contribution is 5.82. The zero-order valence-electron chi connectivity index (χ0n) is 19.9. The average Bonchev–Trinajstić information content (AvgIpc) is 3.28. The molecular formula is C28H34O4. The van der Waals surface area contributed by atoms with E-state index in [-0.39, 0.29) is 23.2 Å². The molecule has 0 amide bonds. The van der Waals surface area contributed by atoms with Gasteiger partial charge >= 0.3 is 5.97 Å². The molecule has 0 spiro atoms. The second-order valence-corrected chi connectivity index (χ2v) is 10.3. The van der Waals surface area contributed by atoms with Crippen molar-refractivity contribution in [2.75, 3.05) is 6.61 Å². The summed E-state index contributed by atoms with van der Waals surface area (Å²) in [5.41, 5.74) is 4.78. The van der Waals surface area contributed by atoms with Gasteiger partial charge in [0.25, 0.3) is 0 Å². The molecule has 0 unspecified atom stereocenters. The standard InChI is InChI=1S/C28H34O4/c1-6-30-25(29)15-20-9-7-8-10-24(20)32-18-19-13-21-11-12-31-26(21)23(14-19)22-16-27(2,3)28(4,5)17-22/h7-14,22H,6,15-18H2,1-5H3. The Labute approximate surface area is 190 Å². The number of furan rings is 1. The number of para-hydroxylation sites is 1. The monoisotopic (exact) mass is 434 g/mol. The molecule has 0 saturated heterocycles. The maximum Gasteiger partial charge on any atom is 0.310 e. The van der Waals surface area contributed by atoms with Crippen molar-refractivity contribution in [2.24, 2.45) is 10.8 Å². The minimum atomic E-state index is -0.239. The van der Waals surface area contributed by atoms with Gasteiger partial charge in [0, 0.05) is 10.9 Å². The SMILES string of the molecule is CCOC(=O)Cc1ccccc1OCc1cc(C2CC(C)(C)C(C)(C)C2)c2occc2c1. The van der Waals surface area contributed by atoms with E-state index in [0.717, 1.165) is 40.7 Å². The minimum absolute atomic E-state index is 0.211. The summed E-state index contributed by atoms with van der Waals surface area (Å²) < 4.78 is 17.2. The number of esters is 1. The van der Waals surface area contributed by atoms with Crippen LogP contribution in [0.2, 0.25) is 0 Å². The van der Waals surface area contributed by atoms with E-state index in [9.17, 15) is 4.79 Å². The Morgan fingerprint density at radius 1 is 1.06 bits per heavy atom. The summed E-state index contributed by atoms with van der Waals surface area (Å²) in [7, 11) is 0. The van der Waals surface area contributed by atoms with Gasteiger partial charge in [0.05, 0.1) is 19.3 Å². The number of hydrogen-bond acceptors (Lipinski definition) is 4. The van der Waals surface area contributed by atoms with Crippen molar-refractivity contribution in [3.05, 3.63) is 65.4 Å². The Bertz CT molecular complexity index is 1090. The summed E-state index contributed by atoms with van der Waals surface area (Å²) in [5, 5.41) is 1.11. The van der Waals surface area contributed by atoms with E-state index in [1.165, 1.54) is 5.56 Å². The van der Waals surface area contributed by atoms with Crippen LogP contribution in [-0.2, 0) is 22.6 Å². The molecule has 32 heavy (non-hydrogen) atoms. The first-order valence-electron chi connectivity index (χ1n) is 11.6. The van der Waals surface area contributed by atoms with Gasteiger partial charge in [-0.05, 0) is 71.9 Å². The third kappa shape index (κ3) is 4.41. The summed E-state index contributed by atoms with van der Waals surface area (Å²) >= 11 is 0. The van der Waals surface area contributed by atoms with Crippen LogP contribution in [0.25, 0.3) is 11.0 Å². The molecule has 1 fully saturated rings. The average molecular weight is 435 g/mol. The lowest BCUT2D eigenvalue weighted by Gasteiger charge is -2.34. The molecule has 0 bridgehead atoms. The van der Waals surface area contributed by atoms with Gasteiger partial charge in [-0.2, -0.15) is 0 Å². The molecule has 1 aromatic heterocycles. The van der Waals surface area contributed by atoms with Crippen molar-refractivity contribution in [3.8, 4) is 5.75 Å². The molecule has 0 N–H and O–H groups in total. The van der Waals surface area contributed by atoms with Crippen LogP contribution in [0.3, 0.4) is 0 Å². The van der Waals surface area contributed by atoms with Crippen molar-refractivity contribution in [1.29, 1.82) is 0 Å². The van der Waals surface area contributed by atoms with Crippen LogP contribution in [0.15, 0.2) is 53.1 Å². The smallest absolute Gasteiger partial charge is 0.310 e. The maximum atomic E-state index is 12.0. The molecule has 1 aliphatic carbocycles. The third-order valence-corrected chi connectivity index (χ3v) is 7.43. The fourth-order valence-corrected chi connectivity index (χ4v) is 4.96. The largest absolute Gasteiger partial charge is 0.489 e. The maximum absolute atomic E-state index is 12.0. The van der Waals surface area contributed by atoms with Crippen molar-refractivity contribution in [3.63, 3.8) is 0 Å². The van der Waals surface area contributed by atoms with Crippen molar-refractivity contribution in [1.82, 2.24) is 0 Å². The summed E-state index contributed by atoms with van der Waals surface area (Å²) in [6, 6.07) is 14.1. The molecule has 1 aliphatic rings. The molecule has 1 saturated carbocycles. The topological polar surface area (TPSA) is 48.7 Å². The predicted molar refractivity (Wildman–Crippen MR) is 127 cm³/mol. The van der Waals surface area contributed by atoms with Gasteiger partial charge in [0.15, 0.2) is 0 Å². The highest BCUT2D eigenvalue weighted by atomic mass is 16.5. The summed E-state index contributed by atoms with van der Waals surface area (Å²) in [6.07, 6.45) is 4.27. The fourth-order valence-electron chi connectivity index (χ4n) is 4.96. The number of rotatable bonds is 7. The normalized spacial score (nSPS) is 17.5. The van der Waals surface area contributed by atoms with Crippen LogP contribution >= 0.6 is 0 Å². The molecule has 0 aliphatic heterocycles. The Morgan fingerprint density at radius 2 is 1.78 bits per heavy atom. The quantitative estimate of drug-likeness (QED) is 0.374. The summed E-state index contributed by atoms with van der Waals surface area (Å²) in [4.78, 5) is 12.0. The Hall–Kier alpha value is -2.75. The Kier molecular flexibility index (Phi) is 6.07. The van der Waals surface area contributed by atoms with E-state index in [1.54, 1.807) is 6.26 Å². The first-order chi connectivity index (χ1) is 15.2. The molecule has 0 radical (unpaired) electrons. The van der Waals surface area contributed by atoms with Crippen LogP contribution in [0, 0.1) is 10.8 Å². The lowest BCUT2D eigenvalue weighted by molar-refractivity contribution is -0.142. The van der Waals surface area contributed by atoms with E-state index >= 15 is 0 Å². The molecule has 1 heterocycles. The zero-order chi connectivity index (χ0) is 22.9. The van der Waals surface area contributed by atoms with Crippen molar-refractivity contribution < 1.29 is 18.7 Å². The van der Waals surface area contributed by atoms with E-state index in [0.29, 0.717) is 19.1 Å². The number of fused-ring (bicyclic) bond motifs is 1. The number of benzene rings is 2. The van der Waals surface area contributed by atoms with E-state index in [4.69, 9.17) is 13.9 Å². The van der Waals surface area contributed by atoms with Crippen LogP contribution in [0.4, 0.5) is 0 Å². The highest BCUT2D eigenvalue weighted by Crippen LogP contribution is 2.58. The number of ether oxygens (including phenoxy) is 2. The van der Waals surface area contributed by atoms with Gasteiger partial charge in [0.2, 0.25) is 0 Å². The van der Waals surface area contributed by atoms with E-state index in [1.807, 2.05) is 37.3 Å². The van der Waals surface area contributed by atoms with Gasteiger partial charge in [-0.15, -0.1) is 0 Å². The lowest BCUT2D eigenvalue weighted by atomic mass is 9.71.